The van der Waals surface area contributed by atoms with Crippen LogP contribution in [0.1, 0.15) is 18.9 Å². The summed E-state index contributed by atoms with van der Waals surface area (Å²) in [6, 6.07) is 17.2. The summed E-state index contributed by atoms with van der Waals surface area (Å²) in [5.74, 6) is -0.192. The van der Waals surface area contributed by atoms with Crippen LogP contribution in [0.5, 0.6) is 0 Å². The molecule has 1 unspecified atom stereocenters. The van der Waals surface area contributed by atoms with E-state index in [1.807, 2.05) is 35.2 Å². The second-order valence-electron chi connectivity index (χ2n) is 7.55. The molecule has 2 heterocycles. The van der Waals surface area contributed by atoms with Crippen molar-refractivity contribution in [1.82, 2.24) is 10.2 Å². The van der Waals surface area contributed by atoms with Crippen LogP contribution >= 0.6 is 0 Å². The molecule has 7 heteroatoms. The minimum atomic E-state index is -3.64. The number of amides is 1. The number of fused-ring (bicyclic) bond motifs is 2. The van der Waals surface area contributed by atoms with Crippen molar-refractivity contribution < 1.29 is 17.9 Å². The molecule has 2 fully saturated rings. The van der Waals surface area contributed by atoms with E-state index in [4.69, 9.17) is 4.74 Å². The van der Waals surface area contributed by atoms with Crippen LogP contribution in [0.4, 0.5) is 0 Å². The molecule has 2 aromatic carbocycles. The van der Waals surface area contributed by atoms with E-state index in [-0.39, 0.29) is 17.2 Å². The van der Waals surface area contributed by atoms with Gasteiger partial charge in [-0.15, -0.1) is 0 Å². The number of hydrogen-bond donors (Lipinski definition) is 1. The highest BCUT2D eigenvalue weighted by Gasteiger charge is 2.61. The maximum absolute atomic E-state index is 13.5. The molecule has 2 aromatic rings. The number of benzene rings is 2. The Labute approximate surface area is 165 Å². The third kappa shape index (κ3) is 3.03. The molecule has 4 atom stereocenters. The van der Waals surface area contributed by atoms with Crippen molar-refractivity contribution in [3.05, 3.63) is 66.2 Å². The first-order valence-electron chi connectivity index (χ1n) is 9.32. The predicted octanol–water partition coefficient (Wildman–Crippen LogP) is 1.96. The molecule has 0 aliphatic carbocycles. The third-order valence-electron chi connectivity index (χ3n) is 5.91. The van der Waals surface area contributed by atoms with Gasteiger partial charge < -0.3 is 10.1 Å². The van der Waals surface area contributed by atoms with Gasteiger partial charge in [0.1, 0.15) is 0 Å². The van der Waals surface area contributed by atoms with E-state index in [0.717, 1.165) is 5.56 Å². The monoisotopic (exact) mass is 400 g/mol. The van der Waals surface area contributed by atoms with Crippen molar-refractivity contribution in [3.8, 4) is 0 Å². The fraction of sp³-hybridized carbons (Fsp3) is 0.381. The van der Waals surface area contributed by atoms with E-state index in [1.54, 1.807) is 37.3 Å². The third-order valence-corrected chi connectivity index (χ3v) is 8.08. The summed E-state index contributed by atoms with van der Waals surface area (Å²) in [6.07, 6.45) is 0.250. The van der Waals surface area contributed by atoms with Gasteiger partial charge in [-0.3, -0.25) is 9.69 Å². The number of ether oxygens (including phenoxy) is 1. The van der Waals surface area contributed by atoms with Crippen LogP contribution in [0.2, 0.25) is 0 Å². The zero-order valence-corrected chi connectivity index (χ0v) is 16.7. The number of carbonyl (C=O) groups is 1. The summed E-state index contributed by atoms with van der Waals surface area (Å²) in [6.45, 7) is 2.24. The minimum absolute atomic E-state index is 0.192. The zero-order chi connectivity index (χ0) is 19.9. The molecule has 28 heavy (non-hydrogen) atoms. The van der Waals surface area contributed by atoms with Gasteiger partial charge in [0.25, 0.3) is 0 Å². The van der Waals surface area contributed by atoms with E-state index >= 15 is 0 Å². The Hall–Kier alpha value is -2.22. The molecule has 2 aliphatic rings. The minimum Gasteiger partial charge on any atom is -0.358 e. The predicted molar refractivity (Wildman–Crippen MR) is 105 cm³/mol. The average molecular weight is 401 g/mol. The molecule has 4 rings (SSSR count). The van der Waals surface area contributed by atoms with Crippen molar-refractivity contribution in [2.75, 3.05) is 7.11 Å². The quantitative estimate of drug-likeness (QED) is 0.831. The lowest BCUT2D eigenvalue weighted by atomic mass is 10.0. The van der Waals surface area contributed by atoms with Gasteiger partial charge in [-0.05, 0) is 31.0 Å². The Balaban J connectivity index is 1.78. The number of nitrogens with one attached hydrogen (secondary N) is 1. The molecule has 2 aliphatic heterocycles. The number of nitrogens with zero attached hydrogens (tertiary/aromatic N) is 1. The standard InChI is InChI=1S/C21H24N2O4S/c1-21(27-2)19-18(28(25,26)16-11-7-4-8-12-16)13-17(20(24)22-21)23(19)14-15-9-5-3-6-10-15/h3-12,17-19H,13-14H2,1-2H3,(H,22,24)/t17-,18+,19+,21?/m1/s1. The summed E-state index contributed by atoms with van der Waals surface area (Å²) in [4.78, 5) is 15.1. The average Bonchev–Trinajstić information content (AvgIpc) is 3.04. The molecule has 0 radical (unpaired) electrons. The summed E-state index contributed by atoms with van der Waals surface area (Å²) < 4.78 is 32.6. The molecule has 1 amide bonds. The smallest absolute Gasteiger partial charge is 0.239 e. The highest BCUT2D eigenvalue weighted by Crippen LogP contribution is 2.42. The van der Waals surface area contributed by atoms with Crippen molar-refractivity contribution in [1.29, 1.82) is 0 Å². The molecule has 6 nitrogen and oxygen atoms in total. The largest absolute Gasteiger partial charge is 0.358 e. The van der Waals surface area contributed by atoms with Crippen LogP contribution in [0.15, 0.2) is 65.6 Å². The molecule has 0 saturated carbocycles. The molecule has 1 N–H and O–H groups in total. The Kier molecular flexibility index (Phi) is 4.77. The Bertz CT molecular complexity index is 964. The molecular weight excluding hydrogens is 376 g/mol. The number of rotatable bonds is 5. The first kappa shape index (κ1) is 19.1. The number of piperazine rings is 1. The van der Waals surface area contributed by atoms with E-state index in [0.29, 0.717) is 6.54 Å². The van der Waals surface area contributed by atoms with Crippen LogP contribution in [0, 0.1) is 0 Å². The summed E-state index contributed by atoms with van der Waals surface area (Å²) in [7, 11) is -2.13. The van der Waals surface area contributed by atoms with Crippen LogP contribution in [0.25, 0.3) is 0 Å². The lowest BCUT2D eigenvalue weighted by Crippen LogP contribution is -2.69. The highest BCUT2D eigenvalue weighted by atomic mass is 32.2. The van der Waals surface area contributed by atoms with Gasteiger partial charge in [0.05, 0.1) is 22.2 Å². The lowest BCUT2D eigenvalue weighted by molar-refractivity contribution is -0.154. The van der Waals surface area contributed by atoms with E-state index in [9.17, 15) is 13.2 Å². The second-order valence-corrected chi connectivity index (χ2v) is 9.72. The van der Waals surface area contributed by atoms with Crippen LogP contribution in [-0.2, 0) is 25.9 Å². The van der Waals surface area contributed by atoms with E-state index in [2.05, 4.69) is 5.32 Å². The zero-order valence-electron chi connectivity index (χ0n) is 15.9. The van der Waals surface area contributed by atoms with E-state index in [1.165, 1.54) is 7.11 Å². The molecule has 2 saturated heterocycles. The lowest BCUT2D eigenvalue weighted by Gasteiger charge is -2.46. The molecular formula is C21H24N2O4S. The van der Waals surface area contributed by atoms with Gasteiger partial charge in [0.2, 0.25) is 5.91 Å². The first-order valence-corrected chi connectivity index (χ1v) is 10.9. The SMILES string of the molecule is COC1(C)NC(=O)[C@H]2C[C@H](S(=O)(=O)c3ccccc3)[C@@H]1N2Cc1ccccc1. The van der Waals surface area contributed by atoms with Gasteiger partial charge >= 0.3 is 0 Å². The van der Waals surface area contributed by atoms with Gasteiger partial charge in [0.15, 0.2) is 15.6 Å². The summed E-state index contributed by atoms with van der Waals surface area (Å²) in [5, 5.41) is 2.16. The van der Waals surface area contributed by atoms with Crippen molar-refractivity contribution in [2.45, 2.75) is 47.8 Å². The number of hydrogen-bond acceptors (Lipinski definition) is 5. The van der Waals surface area contributed by atoms with Gasteiger partial charge in [-0.1, -0.05) is 48.5 Å². The molecule has 0 aromatic heterocycles. The first-order chi connectivity index (χ1) is 13.4. The fourth-order valence-corrected chi connectivity index (χ4v) is 6.56. The molecule has 148 valence electrons. The topological polar surface area (TPSA) is 75.7 Å². The van der Waals surface area contributed by atoms with Crippen LogP contribution in [0.3, 0.4) is 0 Å². The second kappa shape index (κ2) is 6.99. The Morgan fingerprint density at radius 1 is 1.11 bits per heavy atom. The van der Waals surface area contributed by atoms with Crippen molar-refractivity contribution in [2.24, 2.45) is 0 Å². The van der Waals surface area contributed by atoms with Crippen molar-refractivity contribution in [3.63, 3.8) is 0 Å². The summed E-state index contributed by atoms with van der Waals surface area (Å²) in [5.41, 5.74) is -0.0609. The Morgan fingerprint density at radius 2 is 1.71 bits per heavy atom. The molecule has 2 bridgehead atoms. The summed E-state index contributed by atoms with van der Waals surface area (Å²) >= 11 is 0. The van der Waals surface area contributed by atoms with E-state index < -0.39 is 32.9 Å². The van der Waals surface area contributed by atoms with Crippen LogP contribution in [-0.4, -0.2) is 49.4 Å². The molecule has 0 spiro atoms. The fourth-order valence-electron chi connectivity index (χ4n) is 4.48. The number of sulfone groups is 1. The normalized spacial score (nSPS) is 30.2. The van der Waals surface area contributed by atoms with Gasteiger partial charge in [-0.2, -0.15) is 0 Å². The van der Waals surface area contributed by atoms with Crippen LogP contribution < -0.4 is 5.32 Å². The Morgan fingerprint density at radius 3 is 2.32 bits per heavy atom. The highest BCUT2D eigenvalue weighted by molar-refractivity contribution is 7.92. The van der Waals surface area contributed by atoms with Gasteiger partial charge in [0, 0.05) is 13.7 Å². The maximum Gasteiger partial charge on any atom is 0.239 e. The van der Waals surface area contributed by atoms with Crippen molar-refractivity contribution >= 4 is 15.7 Å². The maximum atomic E-state index is 13.5. The van der Waals surface area contributed by atoms with Gasteiger partial charge in [-0.25, -0.2) is 8.42 Å². The number of methoxy groups -OCH3 is 1. The number of carbonyl (C=O) groups excluding carboxylic acids is 1.